The number of halogens is 1. The van der Waals surface area contributed by atoms with Gasteiger partial charge in [-0.25, -0.2) is 0 Å². The first-order valence-electron chi connectivity index (χ1n) is 6.30. The summed E-state index contributed by atoms with van der Waals surface area (Å²) >= 11 is 3.62. The molecule has 17 heavy (non-hydrogen) atoms. The summed E-state index contributed by atoms with van der Waals surface area (Å²) in [6.07, 6.45) is 2.51. The lowest BCUT2D eigenvalue weighted by atomic mass is 9.85. The molecule has 1 aromatic carbocycles. The minimum atomic E-state index is 0.477. The summed E-state index contributed by atoms with van der Waals surface area (Å²) < 4.78 is 1.20. The summed E-state index contributed by atoms with van der Waals surface area (Å²) in [6.45, 7) is 4.08. The van der Waals surface area contributed by atoms with E-state index in [4.69, 9.17) is 5.73 Å². The van der Waals surface area contributed by atoms with Gasteiger partial charge in [0.15, 0.2) is 0 Å². The summed E-state index contributed by atoms with van der Waals surface area (Å²) in [5.74, 6) is 0.586. The molecule has 0 spiro atoms. The second kappa shape index (κ2) is 5.51. The lowest BCUT2D eigenvalue weighted by Crippen LogP contribution is -2.39. The van der Waals surface area contributed by atoms with Crippen LogP contribution in [-0.2, 0) is 0 Å². The van der Waals surface area contributed by atoms with E-state index in [0.29, 0.717) is 12.0 Å². The molecule has 2 nitrogen and oxygen atoms in total. The van der Waals surface area contributed by atoms with Crippen molar-refractivity contribution in [3.63, 3.8) is 0 Å². The Labute approximate surface area is 112 Å². The molecule has 1 aliphatic heterocycles. The Hall–Kier alpha value is -0.380. The Kier molecular flexibility index (Phi) is 4.23. The number of likely N-dealkylation sites (tertiary alicyclic amines) is 1. The first-order chi connectivity index (χ1) is 8.13. The van der Waals surface area contributed by atoms with Crippen LogP contribution in [0.1, 0.15) is 30.0 Å². The second-order valence-electron chi connectivity index (χ2n) is 5.07. The molecule has 0 aromatic heterocycles. The van der Waals surface area contributed by atoms with Gasteiger partial charge in [0.25, 0.3) is 0 Å². The van der Waals surface area contributed by atoms with Crippen LogP contribution in [0.5, 0.6) is 0 Å². The molecule has 0 radical (unpaired) electrons. The van der Waals surface area contributed by atoms with Crippen LogP contribution in [0, 0.1) is 12.8 Å². The number of piperidine rings is 1. The van der Waals surface area contributed by atoms with Crippen molar-refractivity contribution >= 4 is 15.9 Å². The zero-order chi connectivity index (χ0) is 12.4. The predicted octanol–water partition coefficient (Wildman–Crippen LogP) is 3.10. The Morgan fingerprint density at radius 2 is 2.24 bits per heavy atom. The van der Waals surface area contributed by atoms with E-state index in [1.165, 1.54) is 35.0 Å². The molecule has 2 N–H and O–H groups in total. The third-order valence-corrected chi connectivity index (χ3v) is 4.70. The smallest absolute Gasteiger partial charge is 0.0385 e. The number of benzene rings is 1. The van der Waals surface area contributed by atoms with Gasteiger partial charge in [-0.15, -0.1) is 0 Å². The molecule has 0 amide bonds. The number of aryl methyl sites for hydroxylation is 1. The van der Waals surface area contributed by atoms with Gasteiger partial charge in [0.1, 0.15) is 0 Å². The lowest BCUT2D eigenvalue weighted by Gasteiger charge is -2.39. The molecule has 2 unspecified atom stereocenters. The highest BCUT2D eigenvalue weighted by Gasteiger charge is 2.29. The number of nitrogens with two attached hydrogens (primary N) is 1. The minimum absolute atomic E-state index is 0.477. The molecular weight excluding hydrogens is 276 g/mol. The molecule has 1 aromatic rings. The molecule has 0 bridgehead atoms. The number of rotatable bonds is 2. The molecule has 94 valence electrons. The first kappa shape index (κ1) is 13.1. The zero-order valence-electron chi connectivity index (χ0n) is 10.6. The van der Waals surface area contributed by atoms with Crippen molar-refractivity contribution in [2.24, 2.45) is 11.7 Å². The SMILES string of the molecule is Cc1ccc(C2C(CN)CCCN2C)cc1Br. The van der Waals surface area contributed by atoms with Crippen molar-refractivity contribution < 1.29 is 0 Å². The van der Waals surface area contributed by atoms with E-state index in [1.54, 1.807) is 0 Å². The monoisotopic (exact) mass is 296 g/mol. The van der Waals surface area contributed by atoms with Crippen LogP contribution in [-0.4, -0.2) is 25.0 Å². The Morgan fingerprint density at radius 1 is 1.47 bits per heavy atom. The lowest BCUT2D eigenvalue weighted by molar-refractivity contribution is 0.125. The Morgan fingerprint density at radius 3 is 2.88 bits per heavy atom. The van der Waals surface area contributed by atoms with Gasteiger partial charge in [0.2, 0.25) is 0 Å². The fraction of sp³-hybridized carbons (Fsp3) is 0.571. The van der Waals surface area contributed by atoms with Crippen molar-refractivity contribution in [1.29, 1.82) is 0 Å². The van der Waals surface area contributed by atoms with Crippen LogP contribution in [0.25, 0.3) is 0 Å². The molecule has 1 aliphatic rings. The predicted molar refractivity (Wildman–Crippen MR) is 76.0 cm³/mol. The van der Waals surface area contributed by atoms with Crippen LogP contribution in [0.3, 0.4) is 0 Å². The van der Waals surface area contributed by atoms with E-state index >= 15 is 0 Å². The fourth-order valence-electron chi connectivity index (χ4n) is 2.83. The standard InChI is InChI=1S/C14H21BrN2/c1-10-5-6-11(8-13(10)15)14-12(9-16)4-3-7-17(14)2/h5-6,8,12,14H,3-4,7,9,16H2,1-2H3. The highest BCUT2D eigenvalue weighted by Crippen LogP contribution is 2.35. The summed E-state index contributed by atoms with van der Waals surface area (Å²) in [5.41, 5.74) is 8.60. The molecule has 0 saturated carbocycles. The average molecular weight is 297 g/mol. The van der Waals surface area contributed by atoms with Crippen LogP contribution >= 0.6 is 15.9 Å². The minimum Gasteiger partial charge on any atom is -0.330 e. The normalized spacial score (nSPS) is 26.1. The molecule has 1 heterocycles. The summed E-state index contributed by atoms with van der Waals surface area (Å²) in [6, 6.07) is 7.17. The Balaban J connectivity index is 2.31. The summed E-state index contributed by atoms with van der Waals surface area (Å²) in [7, 11) is 2.21. The largest absolute Gasteiger partial charge is 0.330 e. The van der Waals surface area contributed by atoms with E-state index in [9.17, 15) is 0 Å². The van der Waals surface area contributed by atoms with E-state index < -0.39 is 0 Å². The van der Waals surface area contributed by atoms with E-state index in [0.717, 1.165) is 6.54 Å². The maximum absolute atomic E-state index is 5.92. The van der Waals surface area contributed by atoms with Gasteiger partial charge in [-0.2, -0.15) is 0 Å². The molecule has 1 saturated heterocycles. The molecule has 3 heteroatoms. The quantitative estimate of drug-likeness (QED) is 0.909. The van der Waals surface area contributed by atoms with Gasteiger partial charge in [0, 0.05) is 10.5 Å². The van der Waals surface area contributed by atoms with Gasteiger partial charge in [-0.1, -0.05) is 28.1 Å². The highest BCUT2D eigenvalue weighted by molar-refractivity contribution is 9.10. The number of hydrogen-bond acceptors (Lipinski definition) is 2. The van der Waals surface area contributed by atoms with Gasteiger partial charge < -0.3 is 5.73 Å². The van der Waals surface area contributed by atoms with Crippen LogP contribution < -0.4 is 5.73 Å². The van der Waals surface area contributed by atoms with Gasteiger partial charge >= 0.3 is 0 Å². The van der Waals surface area contributed by atoms with Crippen LogP contribution in [0.2, 0.25) is 0 Å². The van der Waals surface area contributed by atoms with E-state index in [2.05, 4.69) is 53.0 Å². The summed E-state index contributed by atoms with van der Waals surface area (Å²) in [5, 5.41) is 0. The maximum atomic E-state index is 5.92. The third-order valence-electron chi connectivity index (χ3n) is 3.85. The first-order valence-corrected chi connectivity index (χ1v) is 7.09. The molecular formula is C14H21BrN2. The molecule has 2 atom stereocenters. The topological polar surface area (TPSA) is 29.3 Å². The summed E-state index contributed by atoms with van der Waals surface area (Å²) in [4.78, 5) is 2.44. The number of hydrogen-bond donors (Lipinski definition) is 1. The van der Waals surface area contributed by atoms with Gasteiger partial charge in [-0.3, -0.25) is 4.90 Å². The van der Waals surface area contributed by atoms with Crippen molar-refractivity contribution in [2.45, 2.75) is 25.8 Å². The van der Waals surface area contributed by atoms with Crippen LogP contribution in [0.4, 0.5) is 0 Å². The maximum Gasteiger partial charge on any atom is 0.0385 e. The van der Waals surface area contributed by atoms with Crippen molar-refractivity contribution in [1.82, 2.24) is 4.90 Å². The average Bonchev–Trinajstić information content (AvgIpc) is 2.32. The molecule has 2 rings (SSSR count). The fourth-order valence-corrected chi connectivity index (χ4v) is 3.22. The number of nitrogens with zero attached hydrogens (tertiary/aromatic N) is 1. The van der Waals surface area contributed by atoms with E-state index in [1.807, 2.05) is 0 Å². The second-order valence-corrected chi connectivity index (χ2v) is 5.93. The highest BCUT2D eigenvalue weighted by atomic mass is 79.9. The molecule has 1 fully saturated rings. The Bertz CT molecular complexity index is 392. The zero-order valence-corrected chi connectivity index (χ0v) is 12.2. The van der Waals surface area contributed by atoms with Crippen molar-refractivity contribution in [3.05, 3.63) is 33.8 Å². The van der Waals surface area contributed by atoms with Crippen LogP contribution in [0.15, 0.2) is 22.7 Å². The third kappa shape index (κ3) is 2.72. The van der Waals surface area contributed by atoms with Gasteiger partial charge in [0.05, 0.1) is 0 Å². The van der Waals surface area contributed by atoms with Crippen molar-refractivity contribution in [3.8, 4) is 0 Å². The van der Waals surface area contributed by atoms with Gasteiger partial charge in [-0.05, 0) is 63.0 Å². The van der Waals surface area contributed by atoms with Crippen molar-refractivity contribution in [2.75, 3.05) is 20.1 Å². The molecule has 0 aliphatic carbocycles. The van der Waals surface area contributed by atoms with E-state index in [-0.39, 0.29) is 0 Å².